The van der Waals surface area contributed by atoms with Crippen molar-refractivity contribution in [3.63, 3.8) is 0 Å². The topological polar surface area (TPSA) is 20.3 Å². The van der Waals surface area contributed by atoms with E-state index in [-0.39, 0.29) is 22.8 Å². The highest BCUT2D eigenvalue weighted by Crippen LogP contribution is 2.40. The Bertz CT molecular complexity index is 1200. The van der Waals surface area contributed by atoms with Gasteiger partial charge in [0.15, 0.2) is 4.95 Å². The van der Waals surface area contributed by atoms with Gasteiger partial charge in [0.25, 0.3) is 0 Å². The summed E-state index contributed by atoms with van der Waals surface area (Å²) < 4.78 is 0.804. The van der Waals surface area contributed by atoms with Gasteiger partial charge in [0.1, 0.15) is 6.04 Å². The van der Waals surface area contributed by atoms with Crippen molar-refractivity contribution in [1.82, 2.24) is 4.90 Å². The predicted molar refractivity (Wildman–Crippen MR) is 154 cm³/mol. The second kappa shape index (κ2) is 11.5. The first kappa shape index (κ1) is 25.4. The lowest BCUT2D eigenvalue weighted by molar-refractivity contribution is -0.945. The zero-order valence-electron chi connectivity index (χ0n) is 21.3. The average molecular weight is 555 g/mol. The Labute approximate surface area is 229 Å². The summed E-state index contributed by atoms with van der Waals surface area (Å²) in [5, 5.41) is 0. The molecule has 3 nitrogen and oxygen atoms in total. The Kier molecular flexibility index (Phi) is 7.87. The number of rotatable bonds is 7. The number of quaternary nitrogens is 1. The van der Waals surface area contributed by atoms with Crippen molar-refractivity contribution in [1.29, 1.82) is 0 Å². The highest BCUT2D eigenvalue weighted by atomic mass is 79.9. The van der Waals surface area contributed by atoms with Crippen LogP contribution in [0.2, 0.25) is 0 Å². The Morgan fingerprint density at radius 2 is 1.16 bits per heavy atom. The molecular weight excluding hydrogens is 520 g/mol. The molecule has 4 aromatic carbocycles. The summed E-state index contributed by atoms with van der Waals surface area (Å²) in [4.78, 5) is 15.9. The number of nitrogens with zero attached hydrogens (tertiary/aromatic N) is 2. The molecule has 0 aliphatic carbocycles. The molecule has 0 saturated carbocycles. The molecule has 0 spiro atoms. The minimum absolute atomic E-state index is 0.0489. The summed E-state index contributed by atoms with van der Waals surface area (Å²) >= 11 is 4.05. The average Bonchev–Trinajstić information content (AvgIpc) is 2.95. The third-order valence-electron chi connectivity index (χ3n) is 7.82. The van der Waals surface area contributed by atoms with Crippen LogP contribution in [-0.2, 0) is 4.79 Å². The maximum atomic E-state index is 13.7. The Morgan fingerprint density at radius 3 is 1.57 bits per heavy atom. The van der Waals surface area contributed by atoms with Gasteiger partial charge in [0, 0.05) is 23.5 Å². The lowest BCUT2D eigenvalue weighted by Crippen LogP contribution is -2.63. The van der Waals surface area contributed by atoms with Crippen molar-refractivity contribution in [2.24, 2.45) is 0 Å². The van der Waals surface area contributed by atoms with Gasteiger partial charge in [0.05, 0.1) is 26.7 Å². The smallest absolute Gasteiger partial charge is 0.223 e. The second-order valence-electron chi connectivity index (χ2n) is 10.1. The van der Waals surface area contributed by atoms with E-state index in [1.165, 1.54) is 22.3 Å². The van der Waals surface area contributed by atoms with E-state index in [2.05, 4.69) is 137 Å². The van der Waals surface area contributed by atoms with Gasteiger partial charge in [-0.15, -0.1) is 0 Å². The normalized spacial score (nSPS) is 19.8. The lowest BCUT2D eigenvalue weighted by Gasteiger charge is -2.50. The summed E-state index contributed by atoms with van der Waals surface area (Å²) in [6.45, 7) is 2.29. The van der Waals surface area contributed by atoms with Crippen molar-refractivity contribution in [2.45, 2.75) is 23.3 Å². The minimum Gasteiger partial charge on any atom is -0.330 e. The molecule has 0 bridgehead atoms. The highest BCUT2D eigenvalue weighted by molar-refractivity contribution is 9.09. The van der Waals surface area contributed by atoms with Crippen molar-refractivity contribution in [3.8, 4) is 0 Å². The van der Waals surface area contributed by atoms with Gasteiger partial charge in [-0.1, -0.05) is 121 Å². The summed E-state index contributed by atoms with van der Waals surface area (Å²) in [5.74, 6) is 0.261. The number of amides is 1. The summed E-state index contributed by atoms with van der Waals surface area (Å²) in [7, 11) is 2.32. The van der Waals surface area contributed by atoms with E-state index < -0.39 is 0 Å². The van der Waals surface area contributed by atoms with Crippen molar-refractivity contribution in [2.75, 3.05) is 26.7 Å². The van der Waals surface area contributed by atoms with Crippen LogP contribution in [0.3, 0.4) is 0 Å². The molecule has 1 aliphatic rings. The number of benzene rings is 4. The molecular formula is C33H34BrN2O+. The van der Waals surface area contributed by atoms with E-state index in [0.717, 1.165) is 17.6 Å². The number of piperazine rings is 1. The second-order valence-corrected chi connectivity index (χ2v) is 11.2. The zero-order chi connectivity index (χ0) is 25.7. The molecule has 5 rings (SSSR count). The monoisotopic (exact) mass is 553 g/mol. The minimum atomic E-state index is 0.0489. The van der Waals surface area contributed by atoms with Crippen LogP contribution < -0.4 is 0 Å². The maximum absolute atomic E-state index is 13.7. The fourth-order valence-corrected chi connectivity index (χ4v) is 6.49. The number of carbonyl (C=O) groups excluding carboxylic acids is 1. The molecule has 1 fully saturated rings. The fraction of sp³-hybridized carbons (Fsp3) is 0.242. The number of likely N-dealkylation sites (N-methyl/N-ethyl adjacent to an activating group) is 1. The van der Waals surface area contributed by atoms with Crippen LogP contribution in [0.1, 0.15) is 40.6 Å². The first-order chi connectivity index (χ1) is 18.1. The molecule has 2 unspecified atom stereocenters. The summed E-state index contributed by atoms with van der Waals surface area (Å²) in [6.07, 6.45) is 0.470. The summed E-state index contributed by atoms with van der Waals surface area (Å²) in [5.41, 5.74) is 4.97. The van der Waals surface area contributed by atoms with E-state index in [4.69, 9.17) is 0 Å². The number of hydrogen-bond donors (Lipinski definition) is 0. The predicted octanol–water partition coefficient (Wildman–Crippen LogP) is 7.01. The third kappa shape index (κ3) is 5.56. The first-order valence-electron chi connectivity index (χ1n) is 13.0. The summed E-state index contributed by atoms with van der Waals surface area (Å²) in [6, 6.07) is 42.5. The third-order valence-corrected chi connectivity index (χ3v) is 9.04. The largest absolute Gasteiger partial charge is 0.330 e. The van der Waals surface area contributed by atoms with Crippen LogP contribution in [0, 0.1) is 0 Å². The quantitative estimate of drug-likeness (QED) is 0.137. The standard InChI is InChI=1S/C33H34BrN2O/c1-36(33(28-18-10-4-11-19-28)29-20-12-5-13-21-29)23-22-35(25-31(36)34)32(37)24-30(26-14-6-2-7-15-26)27-16-8-3-9-17-27/h2-21,30-31,33H,22-25H2,1H3/q+1. The van der Waals surface area contributed by atoms with Gasteiger partial charge < -0.3 is 9.38 Å². The molecule has 1 amide bonds. The maximum Gasteiger partial charge on any atom is 0.223 e. The van der Waals surface area contributed by atoms with Crippen LogP contribution >= 0.6 is 15.9 Å². The van der Waals surface area contributed by atoms with E-state index in [1.807, 2.05) is 12.1 Å². The molecule has 0 N–H and O–H groups in total. The van der Waals surface area contributed by atoms with Crippen molar-refractivity contribution in [3.05, 3.63) is 144 Å². The van der Waals surface area contributed by atoms with Gasteiger partial charge in [-0.2, -0.15) is 0 Å². The van der Waals surface area contributed by atoms with Gasteiger partial charge in [-0.05, 0) is 27.1 Å². The SMILES string of the molecule is C[N+]1(C(c2ccccc2)c2ccccc2)CCN(C(=O)CC(c2ccccc2)c2ccccc2)CC1Br. The van der Waals surface area contributed by atoms with Gasteiger partial charge in [-0.3, -0.25) is 4.79 Å². The van der Waals surface area contributed by atoms with Crippen LogP contribution in [0.4, 0.5) is 0 Å². The molecule has 0 aromatic heterocycles. The highest BCUT2D eigenvalue weighted by Gasteiger charge is 2.45. The van der Waals surface area contributed by atoms with E-state index in [1.54, 1.807) is 0 Å². The Balaban J connectivity index is 1.37. The Hall–Kier alpha value is -3.21. The van der Waals surface area contributed by atoms with Crippen LogP contribution in [0.25, 0.3) is 0 Å². The molecule has 1 saturated heterocycles. The molecule has 188 valence electrons. The van der Waals surface area contributed by atoms with Crippen molar-refractivity contribution < 1.29 is 9.28 Å². The van der Waals surface area contributed by atoms with Gasteiger partial charge in [-0.25, -0.2) is 0 Å². The van der Waals surface area contributed by atoms with Crippen LogP contribution in [0.5, 0.6) is 0 Å². The first-order valence-corrected chi connectivity index (χ1v) is 13.9. The molecule has 0 radical (unpaired) electrons. The molecule has 1 aliphatic heterocycles. The zero-order valence-corrected chi connectivity index (χ0v) is 22.9. The Morgan fingerprint density at radius 1 is 0.757 bits per heavy atom. The van der Waals surface area contributed by atoms with Crippen LogP contribution in [-0.4, -0.2) is 46.9 Å². The van der Waals surface area contributed by atoms with E-state index >= 15 is 0 Å². The van der Waals surface area contributed by atoms with Gasteiger partial charge in [0.2, 0.25) is 5.91 Å². The lowest BCUT2D eigenvalue weighted by atomic mass is 9.88. The molecule has 4 aromatic rings. The number of halogens is 1. The van der Waals surface area contributed by atoms with E-state index in [9.17, 15) is 4.79 Å². The number of carbonyl (C=O) groups is 1. The number of alkyl halides is 1. The molecule has 2 atom stereocenters. The molecule has 1 heterocycles. The molecule has 37 heavy (non-hydrogen) atoms. The van der Waals surface area contributed by atoms with Crippen LogP contribution in [0.15, 0.2) is 121 Å². The van der Waals surface area contributed by atoms with Crippen molar-refractivity contribution >= 4 is 21.8 Å². The number of hydrogen-bond acceptors (Lipinski definition) is 1. The van der Waals surface area contributed by atoms with Gasteiger partial charge >= 0.3 is 0 Å². The fourth-order valence-electron chi connectivity index (χ4n) is 5.70. The molecule has 4 heteroatoms. The van der Waals surface area contributed by atoms with E-state index in [0.29, 0.717) is 13.0 Å².